The minimum atomic E-state index is 0.552. The van der Waals surface area contributed by atoms with Gasteiger partial charge in [0.25, 0.3) is 0 Å². The number of ether oxygens (including phenoxy) is 1. The van der Waals surface area contributed by atoms with Crippen molar-refractivity contribution in [1.29, 1.82) is 0 Å². The third-order valence-corrected chi connectivity index (χ3v) is 4.90. The van der Waals surface area contributed by atoms with E-state index in [0.717, 1.165) is 27.3 Å². The lowest BCUT2D eigenvalue weighted by molar-refractivity contribution is 0.419. The van der Waals surface area contributed by atoms with E-state index in [0.29, 0.717) is 19.0 Å². The van der Waals surface area contributed by atoms with Gasteiger partial charge in [-0.15, -0.1) is 11.3 Å². The van der Waals surface area contributed by atoms with Crippen LogP contribution in [0.25, 0.3) is 10.9 Å². The van der Waals surface area contributed by atoms with Crippen LogP contribution in [0.4, 0.5) is 11.8 Å². The molecule has 0 radical (unpaired) electrons. The largest absolute Gasteiger partial charge is 0.494 e. The van der Waals surface area contributed by atoms with Gasteiger partial charge >= 0.3 is 0 Å². The molecule has 6 nitrogen and oxygen atoms in total. The molecule has 7 heteroatoms. The van der Waals surface area contributed by atoms with Crippen LogP contribution in [0.2, 0.25) is 0 Å². The Hall–Kier alpha value is -3.19. The smallest absolute Gasteiger partial charge is 0.225 e. The van der Waals surface area contributed by atoms with Crippen molar-refractivity contribution in [3.8, 4) is 5.75 Å². The Labute approximate surface area is 161 Å². The highest BCUT2D eigenvalue weighted by Crippen LogP contribution is 2.29. The quantitative estimate of drug-likeness (QED) is 0.500. The topological polar surface area (TPSA) is 72.0 Å². The molecule has 0 saturated heterocycles. The summed E-state index contributed by atoms with van der Waals surface area (Å²) in [5.41, 5.74) is 3.78. The maximum absolute atomic E-state index is 5.50. The summed E-state index contributed by atoms with van der Waals surface area (Å²) in [6.45, 7) is 1.31. The van der Waals surface area contributed by atoms with Gasteiger partial charge in [0.2, 0.25) is 5.95 Å². The van der Waals surface area contributed by atoms with Crippen molar-refractivity contribution >= 4 is 34.0 Å². The van der Waals surface area contributed by atoms with Crippen molar-refractivity contribution in [2.45, 2.75) is 13.1 Å². The number of aromatic nitrogens is 3. The predicted molar refractivity (Wildman–Crippen MR) is 109 cm³/mol. The zero-order valence-electron chi connectivity index (χ0n) is 14.8. The van der Waals surface area contributed by atoms with Crippen LogP contribution < -0.4 is 15.4 Å². The summed E-state index contributed by atoms with van der Waals surface area (Å²) in [4.78, 5) is 14.6. The zero-order chi connectivity index (χ0) is 18.5. The first kappa shape index (κ1) is 17.2. The molecule has 2 aromatic carbocycles. The van der Waals surface area contributed by atoms with Gasteiger partial charge < -0.3 is 15.4 Å². The van der Waals surface area contributed by atoms with Crippen molar-refractivity contribution in [3.05, 3.63) is 70.7 Å². The molecule has 27 heavy (non-hydrogen) atoms. The monoisotopic (exact) mass is 377 g/mol. The van der Waals surface area contributed by atoms with Crippen molar-refractivity contribution < 1.29 is 4.74 Å². The van der Waals surface area contributed by atoms with Crippen LogP contribution in [0.1, 0.15) is 10.4 Å². The zero-order valence-corrected chi connectivity index (χ0v) is 15.7. The van der Waals surface area contributed by atoms with E-state index in [9.17, 15) is 0 Å². The summed E-state index contributed by atoms with van der Waals surface area (Å²) in [6.07, 6.45) is 1.84. The Balaban J connectivity index is 1.66. The number of fused-ring (bicyclic) bond motifs is 1. The Morgan fingerprint density at radius 1 is 0.963 bits per heavy atom. The van der Waals surface area contributed by atoms with Gasteiger partial charge in [-0.25, -0.2) is 4.98 Å². The summed E-state index contributed by atoms with van der Waals surface area (Å²) in [7, 11) is 1.65. The number of para-hydroxylation sites is 1. The van der Waals surface area contributed by atoms with E-state index >= 15 is 0 Å². The molecule has 2 heterocycles. The lowest BCUT2D eigenvalue weighted by atomic mass is 10.2. The fourth-order valence-corrected chi connectivity index (χ4v) is 3.32. The molecule has 0 aliphatic carbocycles. The minimum absolute atomic E-state index is 0.552. The summed E-state index contributed by atoms with van der Waals surface area (Å²) in [5.74, 6) is 2.05. The highest BCUT2D eigenvalue weighted by atomic mass is 32.1. The number of methoxy groups -OCH3 is 1. The first-order chi connectivity index (χ1) is 13.3. The number of anilines is 2. The summed E-state index contributed by atoms with van der Waals surface area (Å²) in [5, 5.41) is 7.64. The standard InChI is InChI=1S/C20H19N5OS/c1-26-17-9-5-8-16-18(17)24-20(23-12-15-11-21-13-27-15)25-19(16)22-10-14-6-3-2-4-7-14/h2-9,11,13H,10,12H2,1H3,(H2,22,23,24,25). The third kappa shape index (κ3) is 3.98. The Morgan fingerprint density at radius 3 is 2.63 bits per heavy atom. The van der Waals surface area contributed by atoms with Gasteiger partial charge in [0.15, 0.2) is 0 Å². The number of thiazole rings is 1. The van der Waals surface area contributed by atoms with Crippen molar-refractivity contribution in [3.63, 3.8) is 0 Å². The van der Waals surface area contributed by atoms with Gasteiger partial charge in [-0.2, -0.15) is 4.98 Å². The van der Waals surface area contributed by atoms with Crippen molar-refractivity contribution in [2.75, 3.05) is 17.7 Å². The molecule has 0 aliphatic heterocycles. The SMILES string of the molecule is COc1cccc2c(NCc3ccccc3)nc(NCc3cncs3)nc12. The van der Waals surface area contributed by atoms with Crippen LogP contribution in [0.5, 0.6) is 5.75 Å². The fraction of sp³-hybridized carbons (Fsp3) is 0.150. The summed E-state index contributed by atoms with van der Waals surface area (Å²) < 4.78 is 5.50. The van der Waals surface area contributed by atoms with E-state index in [1.54, 1.807) is 18.4 Å². The molecule has 2 aromatic heterocycles. The van der Waals surface area contributed by atoms with Gasteiger partial charge in [0, 0.05) is 23.0 Å². The lowest BCUT2D eigenvalue weighted by Crippen LogP contribution is -2.08. The molecule has 0 amide bonds. The maximum atomic E-state index is 5.50. The van der Waals surface area contributed by atoms with Crippen LogP contribution in [0, 0.1) is 0 Å². The molecule has 2 N–H and O–H groups in total. The van der Waals surface area contributed by atoms with Gasteiger partial charge in [-0.3, -0.25) is 4.98 Å². The molecule has 0 bridgehead atoms. The molecular weight excluding hydrogens is 358 g/mol. The molecule has 0 saturated carbocycles. The third-order valence-electron chi connectivity index (χ3n) is 4.12. The molecular formula is C20H19N5OS. The van der Waals surface area contributed by atoms with Crippen LogP contribution in [0.15, 0.2) is 60.2 Å². The van der Waals surface area contributed by atoms with Crippen LogP contribution >= 0.6 is 11.3 Å². The Morgan fingerprint density at radius 2 is 1.85 bits per heavy atom. The molecule has 0 atom stereocenters. The second-order valence-corrected chi connectivity index (χ2v) is 6.88. The molecule has 0 spiro atoms. The van der Waals surface area contributed by atoms with Gasteiger partial charge in [0.05, 0.1) is 19.2 Å². The van der Waals surface area contributed by atoms with Gasteiger partial charge in [-0.1, -0.05) is 36.4 Å². The number of nitrogens with one attached hydrogen (secondary N) is 2. The van der Waals surface area contributed by atoms with Gasteiger partial charge in [-0.05, 0) is 17.7 Å². The molecule has 0 aliphatic rings. The Bertz CT molecular complexity index is 1020. The second kappa shape index (κ2) is 8.01. The predicted octanol–water partition coefficient (Wildman–Crippen LogP) is 4.32. The van der Waals surface area contributed by atoms with Crippen LogP contribution in [-0.2, 0) is 13.1 Å². The molecule has 4 aromatic rings. The summed E-state index contributed by atoms with van der Waals surface area (Å²) in [6, 6.07) is 16.1. The number of benzene rings is 2. The lowest BCUT2D eigenvalue weighted by Gasteiger charge is -2.13. The van der Waals surface area contributed by atoms with Crippen LogP contribution in [-0.4, -0.2) is 22.1 Å². The Kier molecular flexibility index (Phi) is 5.11. The maximum Gasteiger partial charge on any atom is 0.225 e. The van der Waals surface area contributed by atoms with E-state index in [-0.39, 0.29) is 0 Å². The normalized spacial score (nSPS) is 10.7. The van der Waals surface area contributed by atoms with E-state index in [4.69, 9.17) is 4.74 Å². The molecule has 136 valence electrons. The fourth-order valence-electron chi connectivity index (χ4n) is 2.78. The van der Waals surface area contributed by atoms with Crippen molar-refractivity contribution in [2.24, 2.45) is 0 Å². The van der Waals surface area contributed by atoms with Gasteiger partial charge in [0.1, 0.15) is 17.1 Å². The highest BCUT2D eigenvalue weighted by Gasteiger charge is 2.12. The second-order valence-electron chi connectivity index (χ2n) is 5.91. The number of nitrogens with zero attached hydrogens (tertiary/aromatic N) is 3. The van der Waals surface area contributed by atoms with E-state index in [1.807, 2.05) is 48.1 Å². The molecule has 4 rings (SSSR count). The van der Waals surface area contributed by atoms with E-state index in [1.165, 1.54) is 5.56 Å². The number of hydrogen-bond donors (Lipinski definition) is 2. The minimum Gasteiger partial charge on any atom is -0.494 e. The van der Waals surface area contributed by atoms with Crippen molar-refractivity contribution in [1.82, 2.24) is 15.0 Å². The summed E-state index contributed by atoms with van der Waals surface area (Å²) >= 11 is 1.60. The first-order valence-corrected chi connectivity index (χ1v) is 9.45. The average molecular weight is 377 g/mol. The molecule has 0 fully saturated rings. The average Bonchev–Trinajstić information content (AvgIpc) is 3.24. The first-order valence-electron chi connectivity index (χ1n) is 8.57. The number of hydrogen-bond acceptors (Lipinski definition) is 7. The highest BCUT2D eigenvalue weighted by molar-refractivity contribution is 7.09. The van der Waals surface area contributed by atoms with Crippen LogP contribution in [0.3, 0.4) is 0 Å². The number of rotatable bonds is 7. The van der Waals surface area contributed by atoms with E-state index in [2.05, 4.69) is 37.7 Å². The molecule has 0 unspecified atom stereocenters. The van der Waals surface area contributed by atoms with E-state index < -0.39 is 0 Å².